The molecule has 3 nitrogen and oxygen atoms in total. The third-order valence-corrected chi connectivity index (χ3v) is 5.04. The smallest absolute Gasteiger partial charge is 0.222 e. The summed E-state index contributed by atoms with van der Waals surface area (Å²) in [5.41, 5.74) is 5.99. The van der Waals surface area contributed by atoms with E-state index in [0.717, 1.165) is 23.9 Å². The molecule has 1 amide bonds. The molecule has 0 saturated carbocycles. The van der Waals surface area contributed by atoms with Crippen LogP contribution in [0.5, 0.6) is 0 Å². The summed E-state index contributed by atoms with van der Waals surface area (Å²) in [6, 6.07) is 2.25. The standard InChI is InChI=1S/C14H23BrN2OS.ClH/c1-10(2)13(16)6-7-17(3)14(18)5-4-12-8-11(15)9-19-12;/h8-10,13H,4-7,16H2,1-3H3;1H. The van der Waals surface area contributed by atoms with Gasteiger partial charge in [-0.15, -0.1) is 23.7 Å². The second kappa shape index (κ2) is 9.77. The van der Waals surface area contributed by atoms with Gasteiger partial charge in [-0.2, -0.15) is 0 Å². The lowest BCUT2D eigenvalue weighted by atomic mass is 10.0. The lowest BCUT2D eigenvalue weighted by molar-refractivity contribution is -0.129. The molecule has 0 radical (unpaired) electrons. The van der Waals surface area contributed by atoms with Crippen molar-refractivity contribution in [3.05, 3.63) is 20.8 Å². The third kappa shape index (κ3) is 7.07. The Balaban J connectivity index is 0.00000361. The van der Waals surface area contributed by atoms with Gasteiger partial charge in [0.05, 0.1) is 0 Å². The first-order valence-electron chi connectivity index (χ1n) is 6.62. The van der Waals surface area contributed by atoms with Gasteiger partial charge in [-0.05, 0) is 40.8 Å². The van der Waals surface area contributed by atoms with Gasteiger partial charge in [0.15, 0.2) is 0 Å². The van der Waals surface area contributed by atoms with E-state index in [4.69, 9.17) is 5.73 Å². The van der Waals surface area contributed by atoms with E-state index in [-0.39, 0.29) is 24.4 Å². The number of nitrogens with zero attached hydrogens (tertiary/aromatic N) is 1. The molecule has 1 rings (SSSR count). The van der Waals surface area contributed by atoms with Crippen LogP contribution in [0.25, 0.3) is 0 Å². The number of amides is 1. The normalized spacial score (nSPS) is 12.1. The van der Waals surface area contributed by atoms with Gasteiger partial charge in [-0.1, -0.05) is 13.8 Å². The number of halogens is 2. The van der Waals surface area contributed by atoms with Crippen LogP contribution >= 0.6 is 39.7 Å². The molecule has 1 atom stereocenters. The lowest BCUT2D eigenvalue weighted by Crippen LogP contribution is -2.34. The molecular weight excluding hydrogens is 360 g/mol. The highest BCUT2D eigenvalue weighted by Crippen LogP contribution is 2.21. The highest BCUT2D eigenvalue weighted by atomic mass is 79.9. The van der Waals surface area contributed by atoms with Crippen LogP contribution in [0.15, 0.2) is 15.9 Å². The van der Waals surface area contributed by atoms with E-state index in [1.165, 1.54) is 4.88 Å². The summed E-state index contributed by atoms with van der Waals surface area (Å²) in [6.45, 7) is 4.97. The van der Waals surface area contributed by atoms with Crippen molar-refractivity contribution in [1.29, 1.82) is 0 Å². The van der Waals surface area contributed by atoms with Crippen molar-refractivity contribution >= 4 is 45.6 Å². The van der Waals surface area contributed by atoms with Crippen molar-refractivity contribution in [3.63, 3.8) is 0 Å². The summed E-state index contributed by atoms with van der Waals surface area (Å²) in [5, 5.41) is 2.05. The van der Waals surface area contributed by atoms with E-state index >= 15 is 0 Å². The van der Waals surface area contributed by atoms with Crippen molar-refractivity contribution in [2.45, 2.75) is 39.2 Å². The van der Waals surface area contributed by atoms with Gasteiger partial charge in [0.25, 0.3) is 0 Å². The average molecular weight is 384 g/mol. The quantitative estimate of drug-likeness (QED) is 0.780. The summed E-state index contributed by atoms with van der Waals surface area (Å²) in [6.07, 6.45) is 2.25. The van der Waals surface area contributed by atoms with Crippen molar-refractivity contribution in [1.82, 2.24) is 4.90 Å². The first kappa shape index (κ1) is 19.9. The minimum absolute atomic E-state index is 0. The van der Waals surface area contributed by atoms with Gasteiger partial charge in [-0.25, -0.2) is 0 Å². The van der Waals surface area contributed by atoms with Crippen LogP contribution in [-0.2, 0) is 11.2 Å². The monoisotopic (exact) mass is 382 g/mol. The van der Waals surface area contributed by atoms with E-state index in [2.05, 4.69) is 35.8 Å². The Kier molecular flexibility index (Phi) is 9.72. The fourth-order valence-electron chi connectivity index (χ4n) is 1.71. The molecule has 0 aromatic carbocycles. The molecule has 1 aromatic rings. The number of carbonyl (C=O) groups excluding carboxylic acids is 1. The van der Waals surface area contributed by atoms with Gasteiger partial charge in [0.1, 0.15) is 0 Å². The molecule has 0 aliphatic carbocycles. The predicted molar refractivity (Wildman–Crippen MR) is 92.7 cm³/mol. The van der Waals surface area contributed by atoms with Gasteiger partial charge in [0, 0.05) is 40.8 Å². The maximum atomic E-state index is 12.0. The summed E-state index contributed by atoms with van der Waals surface area (Å²) in [5.74, 6) is 0.660. The number of carbonyl (C=O) groups is 1. The fourth-order valence-corrected chi connectivity index (χ4v) is 3.16. The molecule has 0 aliphatic rings. The van der Waals surface area contributed by atoms with Crippen LogP contribution in [0.3, 0.4) is 0 Å². The Morgan fingerprint density at radius 2 is 2.15 bits per heavy atom. The summed E-state index contributed by atoms with van der Waals surface area (Å²) < 4.78 is 1.09. The number of hydrogen-bond acceptors (Lipinski definition) is 3. The maximum absolute atomic E-state index is 12.0. The molecule has 1 heterocycles. The molecule has 2 N–H and O–H groups in total. The Morgan fingerprint density at radius 3 is 2.65 bits per heavy atom. The molecule has 0 bridgehead atoms. The second-order valence-electron chi connectivity index (χ2n) is 5.24. The zero-order valence-electron chi connectivity index (χ0n) is 12.3. The summed E-state index contributed by atoms with van der Waals surface area (Å²) in [7, 11) is 1.86. The first-order chi connectivity index (χ1) is 8.90. The maximum Gasteiger partial charge on any atom is 0.222 e. The van der Waals surface area contributed by atoms with Crippen LogP contribution in [-0.4, -0.2) is 30.4 Å². The largest absolute Gasteiger partial charge is 0.346 e. The van der Waals surface area contributed by atoms with Gasteiger partial charge < -0.3 is 10.6 Å². The van der Waals surface area contributed by atoms with Crippen LogP contribution in [0.1, 0.15) is 31.6 Å². The molecule has 0 fully saturated rings. The van der Waals surface area contributed by atoms with Crippen LogP contribution in [0, 0.1) is 5.92 Å². The molecular formula is C14H24BrClN2OS. The fraction of sp³-hybridized carbons (Fsp3) is 0.643. The number of thiophene rings is 1. The van der Waals surface area contributed by atoms with E-state index in [1.807, 2.05) is 12.4 Å². The zero-order chi connectivity index (χ0) is 14.4. The van der Waals surface area contributed by atoms with Crippen molar-refractivity contribution in [2.24, 2.45) is 11.7 Å². The molecule has 1 unspecified atom stereocenters. The Labute approximate surface area is 140 Å². The molecule has 6 heteroatoms. The van der Waals surface area contributed by atoms with Gasteiger partial charge in [0.2, 0.25) is 5.91 Å². The van der Waals surface area contributed by atoms with E-state index in [9.17, 15) is 4.79 Å². The Morgan fingerprint density at radius 1 is 1.50 bits per heavy atom. The molecule has 0 saturated heterocycles. The van der Waals surface area contributed by atoms with Crippen molar-refractivity contribution in [2.75, 3.05) is 13.6 Å². The number of aryl methyl sites for hydroxylation is 1. The van der Waals surface area contributed by atoms with Gasteiger partial charge in [-0.3, -0.25) is 4.79 Å². The minimum atomic E-state index is 0. The number of hydrogen-bond donors (Lipinski definition) is 1. The van der Waals surface area contributed by atoms with Crippen molar-refractivity contribution in [3.8, 4) is 0 Å². The molecule has 0 spiro atoms. The Hall–Kier alpha value is -0.100. The zero-order valence-corrected chi connectivity index (χ0v) is 15.5. The van der Waals surface area contributed by atoms with E-state index in [1.54, 1.807) is 16.2 Å². The average Bonchev–Trinajstić information content (AvgIpc) is 2.78. The summed E-state index contributed by atoms with van der Waals surface area (Å²) in [4.78, 5) is 15.0. The molecule has 1 aromatic heterocycles. The van der Waals surface area contributed by atoms with E-state index < -0.39 is 0 Å². The molecule has 0 aliphatic heterocycles. The molecule has 20 heavy (non-hydrogen) atoms. The van der Waals surface area contributed by atoms with E-state index in [0.29, 0.717) is 12.3 Å². The third-order valence-electron chi connectivity index (χ3n) is 3.29. The van der Waals surface area contributed by atoms with Gasteiger partial charge >= 0.3 is 0 Å². The SMILES string of the molecule is CC(C)C(N)CCN(C)C(=O)CCc1cc(Br)cs1.Cl. The number of rotatable bonds is 7. The highest BCUT2D eigenvalue weighted by Gasteiger charge is 2.13. The molecule has 116 valence electrons. The lowest BCUT2D eigenvalue weighted by Gasteiger charge is -2.21. The summed E-state index contributed by atoms with van der Waals surface area (Å²) >= 11 is 5.11. The number of nitrogens with two attached hydrogens (primary N) is 1. The van der Waals surface area contributed by atoms with Crippen LogP contribution in [0.2, 0.25) is 0 Å². The first-order valence-corrected chi connectivity index (χ1v) is 8.30. The van der Waals surface area contributed by atoms with Crippen molar-refractivity contribution < 1.29 is 4.79 Å². The highest BCUT2D eigenvalue weighted by molar-refractivity contribution is 9.10. The van der Waals surface area contributed by atoms with Crippen LogP contribution in [0.4, 0.5) is 0 Å². The topological polar surface area (TPSA) is 46.3 Å². The second-order valence-corrected chi connectivity index (χ2v) is 7.15. The van der Waals surface area contributed by atoms with Crippen LogP contribution < -0.4 is 5.73 Å². The minimum Gasteiger partial charge on any atom is -0.346 e. The predicted octanol–water partition coefficient (Wildman–Crippen LogP) is 3.70. The Bertz CT molecular complexity index is 412.